The Hall–Kier alpha value is -2.89. The Morgan fingerprint density at radius 2 is 1.53 bits per heavy atom. The minimum absolute atomic E-state index is 0.242. The summed E-state index contributed by atoms with van der Waals surface area (Å²) in [6, 6.07) is 22.5. The van der Waals surface area contributed by atoms with E-state index in [-0.39, 0.29) is 5.82 Å². The van der Waals surface area contributed by atoms with Crippen LogP contribution in [0.4, 0.5) is 4.39 Å². The summed E-state index contributed by atoms with van der Waals surface area (Å²) in [4.78, 5) is 3.47. The largest absolute Gasteiger partial charge is 0.492 e. The van der Waals surface area contributed by atoms with Gasteiger partial charge in [-0.2, -0.15) is 0 Å². The lowest BCUT2D eigenvalue weighted by atomic mass is 10.1. The van der Waals surface area contributed by atoms with Crippen LogP contribution in [-0.2, 0) is 0 Å². The molecule has 32 heavy (non-hydrogen) atoms. The van der Waals surface area contributed by atoms with E-state index < -0.39 is 0 Å². The van der Waals surface area contributed by atoms with Crippen molar-refractivity contribution in [3.63, 3.8) is 0 Å². The smallest absolute Gasteiger partial charge is 0.153 e. The molecule has 1 aromatic heterocycles. The highest BCUT2D eigenvalue weighted by Crippen LogP contribution is 2.46. The Morgan fingerprint density at radius 3 is 2.31 bits per heavy atom. The van der Waals surface area contributed by atoms with E-state index in [0.29, 0.717) is 6.61 Å². The number of benzene rings is 3. The molecule has 1 aliphatic rings. The second kappa shape index (κ2) is 9.72. The third-order valence-electron chi connectivity index (χ3n) is 5.82. The van der Waals surface area contributed by atoms with Gasteiger partial charge < -0.3 is 9.47 Å². The van der Waals surface area contributed by atoms with Gasteiger partial charge in [0.25, 0.3) is 0 Å². The average Bonchev–Trinajstić information content (AvgIpc) is 3.20. The summed E-state index contributed by atoms with van der Waals surface area (Å²) in [7, 11) is 0. The van der Waals surface area contributed by atoms with Crippen molar-refractivity contribution in [2.45, 2.75) is 19.3 Å². The van der Waals surface area contributed by atoms with Crippen LogP contribution in [0.5, 0.6) is 17.2 Å². The topological polar surface area (TPSA) is 21.7 Å². The molecule has 0 unspecified atom stereocenters. The molecule has 1 aliphatic heterocycles. The zero-order valence-electron chi connectivity index (χ0n) is 17.9. The average molecular weight is 448 g/mol. The molecular formula is C27H26FNO2S. The van der Waals surface area contributed by atoms with Crippen LogP contribution in [0.1, 0.15) is 19.3 Å². The minimum Gasteiger partial charge on any atom is -0.492 e. The van der Waals surface area contributed by atoms with Crippen molar-refractivity contribution in [1.82, 2.24) is 4.90 Å². The lowest BCUT2D eigenvalue weighted by Crippen LogP contribution is -2.33. The van der Waals surface area contributed by atoms with Crippen molar-refractivity contribution in [3.05, 3.63) is 78.6 Å². The second-order valence-electron chi connectivity index (χ2n) is 8.09. The fourth-order valence-corrected chi connectivity index (χ4v) is 5.25. The zero-order chi connectivity index (χ0) is 21.8. The van der Waals surface area contributed by atoms with E-state index in [4.69, 9.17) is 9.47 Å². The van der Waals surface area contributed by atoms with Gasteiger partial charge in [0.2, 0.25) is 0 Å². The number of halogens is 1. The number of hydrogen-bond acceptors (Lipinski definition) is 4. The lowest BCUT2D eigenvalue weighted by Gasteiger charge is -2.26. The van der Waals surface area contributed by atoms with E-state index in [0.717, 1.165) is 44.3 Å². The number of fused-ring (bicyclic) bond motifs is 1. The van der Waals surface area contributed by atoms with Crippen LogP contribution in [-0.4, -0.2) is 31.1 Å². The van der Waals surface area contributed by atoms with Crippen molar-refractivity contribution < 1.29 is 13.9 Å². The summed E-state index contributed by atoms with van der Waals surface area (Å²) in [5, 5.41) is 1.05. The first-order valence-corrected chi connectivity index (χ1v) is 12.0. The molecule has 5 heteroatoms. The highest BCUT2D eigenvalue weighted by atomic mass is 32.1. The van der Waals surface area contributed by atoms with Crippen molar-refractivity contribution in [2.75, 3.05) is 26.2 Å². The third-order valence-corrected chi connectivity index (χ3v) is 7.03. The van der Waals surface area contributed by atoms with E-state index in [1.54, 1.807) is 23.5 Å². The molecule has 0 saturated carbocycles. The summed E-state index contributed by atoms with van der Waals surface area (Å²) < 4.78 is 26.9. The van der Waals surface area contributed by atoms with E-state index in [2.05, 4.69) is 17.0 Å². The van der Waals surface area contributed by atoms with Gasteiger partial charge in [-0.1, -0.05) is 30.7 Å². The molecule has 0 N–H and O–H groups in total. The molecule has 3 nitrogen and oxygen atoms in total. The van der Waals surface area contributed by atoms with E-state index in [1.165, 1.54) is 44.5 Å². The molecule has 0 amide bonds. The Labute approximate surface area is 192 Å². The number of ether oxygens (including phenoxy) is 2. The predicted octanol–water partition coefficient (Wildman–Crippen LogP) is 7.36. The van der Waals surface area contributed by atoms with Crippen LogP contribution in [0.15, 0.2) is 72.8 Å². The van der Waals surface area contributed by atoms with Crippen LogP contribution in [0, 0.1) is 5.82 Å². The first kappa shape index (κ1) is 21.0. The van der Waals surface area contributed by atoms with Crippen molar-refractivity contribution >= 4 is 21.4 Å². The van der Waals surface area contributed by atoms with Gasteiger partial charge in [0.05, 0.1) is 4.88 Å². The third kappa shape index (κ3) is 4.79. The van der Waals surface area contributed by atoms with Crippen LogP contribution >= 0.6 is 11.3 Å². The van der Waals surface area contributed by atoms with Crippen LogP contribution < -0.4 is 9.47 Å². The van der Waals surface area contributed by atoms with Gasteiger partial charge in [0.15, 0.2) is 5.75 Å². The summed E-state index contributed by atoms with van der Waals surface area (Å²) in [6.45, 7) is 4.03. The molecule has 2 heterocycles. The maximum absolute atomic E-state index is 13.4. The molecule has 0 radical (unpaired) electrons. The van der Waals surface area contributed by atoms with Crippen LogP contribution in [0.25, 0.3) is 20.5 Å². The van der Waals surface area contributed by atoms with E-state index in [1.807, 2.05) is 36.4 Å². The predicted molar refractivity (Wildman–Crippen MR) is 130 cm³/mol. The monoisotopic (exact) mass is 447 g/mol. The first-order chi connectivity index (χ1) is 15.8. The van der Waals surface area contributed by atoms with Crippen molar-refractivity contribution in [1.29, 1.82) is 0 Å². The van der Waals surface area contributed by atoms with Gasteiger partial charge in [-0.05, 0) is 80.0 Å². The Balaban J connectivity index is 1.31. The van der Waals surface area contributed by atoms with Gasteiger partial charge in [-0.15, -0.1) is 11.3 Å². The Morgan fingerprint density at radius 1 is 0.812 bits per heavy atom. The number of hydrogen-bond donors (Lipinski definition) is 0. The molecule has 0 aliphatic carbocycles. The fraction of sp³-hybridized carbons (Fsp3) is 0.259. The van der Waals surface area contributed by atoms with Crippen molar-refractivity contribution in [3.8, 4) is 27.7 Å². The lowest BCUT2D eigenvalue weighted by molar-refractivity contribution is 0.183. The van der Waals surface area contributed by atoms with Gasteiger partial charge in [0.1, 0.15) is 23.9 Å². The molecule has 164 valence electrons. The van der Waals surface area contributed by atoms with Crippen molar-refractivity contribution in [2.24, 2.45) is 0 Å². The second-order valence-corrected chi connectivity index (χ2v) is 9.14. The fourth-order valence-electron chi connectivity index (χ4n) is 4.11. The zero-order valence-corrected chi connectivity index (χ0v) is 18.7. The van der Waals surface area contributed by atoms with Gasteiger partial charge >= 0.3 is 0 Å². The van der Waals surface area contributed by atoms with Gasteiger partial charge in [-0.3, -0.25) is 4.90 Å². The summed E-state index contributed by atoms with van der Waals surface area (Å²) in [6.07, 6.45) is 3.94. The molecule has 3 aromatic carbocycles. The summed E-state index contributed by atoms with van der Waals surface area (Å²) in [5.74, 6) is 2.16. The highest BCUT2D eigenvalue weighted by molar-refractivity contribution is 7.22. The molecular weight excluding hydrogens is 421 g/mol. The molecule has 0 spiro atoms. The quantitative estimate of drug-likeness (QED) is 0.295. The molecule has 0 bridgehead atoms. The van der Waals surface area contributed by atoms with E-state index >= 15 is 0 Å². The Bertz CT molecular complexity index is 1160. The SMILES string of the molecule is Fc1ccc(-c2sc3ccccc3c2Oc2ccc(OCCN3CCCCC3)cc2)cc1. The molecule has 1 fully saturated rings. The summed E-state index contributed by atoms with van der Waals surface area (Å²) >= 11 is 1.65. The number of rotatable bonds is 7. The van der Waals surface area contributed by atoms with Gasteiger partial charge in [-0.25, -0.2) is 4.39 Å². The molecule has 0 atom stereocenters. The molecule has 1 saturated heterocycles. The van der Waals surface area contributed by atoms with Crippen LogP contribution in [0.2, 0.25) is 0 Å². The highest BCUT2D eigenvalue weighted by Gasteiger charge is 2.16. The summed E-state index contributed by atoms with van der Waals surface area (Å²) in [5.41, 5.74) is 0.945. The van der Waals surface area contributed by atoms with Crippen LogP contribution in [0.3, 0.4) is 0 Å². The molecule has 5 rings (SSSR count). The normalized spacial score (nSPS) is 14.5. The maximum atomic E-state index is 13.4. The number of thiophene rings is 1. The molecule has 4 aromatic rings. The standard InChI is InChI=1S/C27H26FNO2S/c28-21-10-8-20(9-11-21)27-26(24-6-2-3-7-25(24)32-27)31-23-14-12-22(13-15-23)30-19-18-29-16-4-1-5-17-29/h2-3,6-15H,1,4-5,16-19H2. The van der Waals surface area contributed by atoms with E-state index in [9.17, 15) is 4.39 Å². The number of piperidine rings is 1. The number of nitrogens with zero attached hydrogens (tertiary/aromatic N) is 1. The maximum Gasteiger partial charge on any atom is 0.153 e. The number of likely N-dealkylation sites (tertiary alicyclic amines) is 1. The first-order valence-electron chi connectivity index (χ1n) is 11.2. The van der Waals surface area contributed by atoms with Gasteiger partial charge in [0, 0.05) is 16.6 Å². The minimum atomic E-state index is -0.242. The Kier molecular flexibility index (Phi) is 6.37.